The van der Waals surface area contributed by atoms with Gasteiger partial charge in [0.15, 0.2) is 0 Å². The van der Waals surface area contributed by atoms with Gasteiger partial charge >= 0.3 is 0 Å². The van der Waals surface area contributed by atoms with Crippen LogP contribution in [0.15, 0.2) is 72.3 Å². The zero-order valence-electron chi connectivity index (χ0n) is 23.9. The SMILES string of the molecule is CCN(CC)c1ccc(C2/C(=C(/O)c3ccc(OC)c(C(C)(C)C)c3)C(=O)C(=O)N2c2cccc(C)c2)cc1. The van der Waals surface area contributed by atoms with Crippen molar-refractivity contribution in [3.8, 4) is 5.75 Å². The molecule has 1 heterocycles. The Labute approximate surface area is 231 Å². The lowest BCUT2D eigenvalue weighted by molar-refractivity contribution is -0.132. The van der Waals surface area contributed by atoms with Gasteiger partial charge in [-0.25, -0.2) is 0 Å². The first-order valence-electron chi connectivity index (χ1n) is 13.4. The van der Waals surface area contributed by atoms with Crippen LogP contribution < -0.4 is 14.5 Å². The molecule has 0 spiro atoms. The molecule has 39 heavy (non-hydrogen) atoms. The summed E-state index contributed by atoms with van der Waals surface area (Å²) in [5.74, 6) is -0.873. The van der Waals surface area contributed by atoms with Gasteiger partial charge in [-0.1, -0.05) is 45.0 Å². The summed E-state index contributed by atoms with van der Waals surface area (Å²) in [5, 5.41) is 11.7. The predicted molar refractivity (Wildman–Crippen MR) is 158 cm³/mol. The summed E-state index contributed by atoms with van der Waals surface area (Å²) in [6.07, 6.45) is 0. The van der Waals surface area contributed by atoms with Crippen LogP contribution in [0.2, 0.25) is 0 Å². The Morgan fingerprint density at radius 3 is 2.21 bits per heavy atom. The van der Waals surface area contributed by atoms with Gasteiger partial charge in [-0.05, 0) is 79.8 Å². The fourth-order valence-corrected chi connectivity index (χ4v) is 5.25. The highest BCUT2D eigenvalue weighted by Gasteiger charge is 2.47. The van der Waals surface area contributed by atoms with E-state index >= 15 is 0 Å². The first kappa shape index (κ1) is 28.0. The lowest BCUT2D eigenvalue weighted by Gasteiger charge is -2.27. The minimum atomic E-state index is -0.780. The summed E-state index contributed by atoms with van der Waals surface area (Å²) in [7, 11) is 1.61. The fourth-order valence-electron chi connectivity index (χ4n) is 5.25. The number of benzene rings is 3. The van der Waals surface area contributed by atoms with Crippen molar-refractivity contribution in [2.24, 2.45) is 0 Å². The van der Waals surface area contributed by atoms with E-state index in [2.05, 4.69) is 39.5 Å². The molecule has 0 aromatic heterocycles. The second-order valence-corrected chi connectivity index (χ2v) is 10.9. The van der Waals surface area contributed by atoms with E-state index in [1.165, 1.54) is 4.90 Å². The predicted octanol–water partition coefficient (Wildman–Crippen LogP) is 6.77. The number of hydrogen-bond donors (Lipinski definition) is 1. The molecule has 1 N–H and O–H groups in total. The van der Waals surface area contributed by atoms with Gasteiger partial charge in [0.05, 0.1) is 18.7 Å². The molecule has 1 saturated heterocycles. The van der Waals surface area contributed by atoms with E-state index in [1.807, 2.05) is 61.5 Å². The quantitative estimate of drug-likeness (QED) is 0.209. The molecule has 1 aliphatic heterocycles. The number of hydrogen-bond acceptors (Lipinski definition) is 5. The van der Waals surface area contributed by atoms with Crippen LogP contribution in [0, 0.1) is 6.92 Å². The molecular weight excluding hydrogens is 488 g/mol. The zero-order valence-corrected chi connectivity index (χ0v) is 23.9. The average molecular weight is 527 g/mol. The zero-order chi connectivity index (χ0) is 28.5. The van der Waals surface area contributed by atoms with Gasteiger partial charge in [-0.3, -0.25) is 14.5 Å². The molecule has 0 saturated carbocycles. The largest absolute Gasteiger partial charge is 0.507 e. The van der Waals surface area contributed by atoms with Crippen LogP contribution in [0.4, 0.5) is 11.4 Å². The Morgan fingerprint density at radius 1 is 0.974 bits per heavy atom. The Kier molecular flexibility index (Phi) is 7.86. The number of anilines is 2. The average Bonchev–Trinajstić information content (AvgIpc) is 3.18. The van der Waals surface area contributed by atoms with Crippen molar-refractivity contribution in [3.05, 3.63) is 94.6 Å². The molecule has 1 unspecified atom stereocenters. The topological polar surface area (TPSA) is 70.1 Å². The van der Waals surface area contributed by atoms with Gasteiger partial charge in [0.2, 0.25) is 0 Å². The third kappa shape index (κ3) is 5.29. The number of Topliss-reactive ketones (excluding diaryl/α,β-unsaturated/α-hetero) is 1. The number of carbonyl (C=O) groups excluding carboxylic acids is 2. The lowest BCUT2D eigenvalue weighted by atomic mass is 9.84. The summed E-state index contributed by atoms with van der Waals surface area (Å²) >= 11 is 0. The molecule has 1 atom stereocenters. The Hall–Kier alpha value is -4.06. The third-order valence-electron chi connectivity index (χ3n) is 7.34. The van der Waals surface area contributed by atoms with Crippen molar-refractivity contribution in [2.75, 3.05) is 30.0 Å². The molecule has 204 valence electrons. The van der Waals surface area contributed by atoms with Gasteiger partial charge < -0.3 is 14.7 Å². The summed E-state index contributed by atoms with van der Waals surface area (Å²) in [5.41, 5.74) is 4.54. The number of aryl methyl sites for hydroxylation is 1. The number of nitrogens with zero attached hydrogens (tertiary/aromatic N) is 2. The number of ketones is 1. The van der Waals surface area contributed by atoms with Gasteiger partial charge in [0.1, 0.15) is 11.5 Å². The van der Waals surface area contributed by atoms with E-state index in [9.17, 15) is 14.7 Å². The first-order valence-corrected chi connectivity index (χ1v) is 13.4. The summed E-state index contributed by atoms with van der Waals surface area (Å²) < 4.78 is 5.56. The number of methoxy groups -OCH3 is 1. The molecule has 0 bridgehead atoms. The van der Waals surface area contributed by atoms with Crippen molar-refractivity contribution in [1.82, 2.24) is 0 Å². The Morgan fingerprint density at radius 2 is 1.64 bits per heavy atom. The van der Waals surface area contributed by atoms with Crippen molar-refractivity contribution in [3.63, 3.8) is 0 Å². The van der Waals surface area contributed by atoms with Gasteiger partial charge in [0, 0.05) is 35.6 Å². The normalized spacial score (nSPS) is 17.0. The minimum absolute atomic E-state index is 0.0714. The highest BCUT2D eigenvalue weighted by molar-refractivity contribution is 6.51. The smallest absolute Gasteiger partial charge is 0.300 e. The van der Waals surface area contributed by atoms with Crippen LogP contribution in [-0.4, -0.2) is 37.0 Å². The van der Waals surface area contributed by atoms with Crippen LogP contribution in [0.1, 0.15) is 62.9 Å². The van der Waals surface area contributed by atoms with E-state index < -0.39 is 17.7 Å². The van der Waals surface area contributed by atoms with Crippen molar-refractivity contribution in [2.45, 2.75) is 53.0 Å². The van der Waals surface area contributed by atoms with Crippen LogP contribution in [-0.2, 0) is 15.0 Å². The van der Waals surface area contributed by atoms with Crippen molar-refractivity contribution >= 4 is 28.8 Å². The molecule has 3 aromatic carbocycles. The van der Waals surface area contributed by atoms with Crippen molar-refractivity contribution < 1.29 is 19.4 Å². The highest BCUT2D eigenvalue weighted by atomic mass is 16.5. The maximum absolute atomic E-state index is 13.6. The van der Waals surface area contributed by atoms with E-state index in [0.717, 1.165) is 35.5 Å². The molecule has 1 fully saturated rings. The molecule has 0 aliphatic carbocycles. The number of rotatable bonds is 7. The standard InChI is InChI=1S/C33H38N2O4/c1-8-34(9-2)24-16-13-22(14-17-24)29-28(31(37)32(38)35(29)25-12-10-11-21(3)19-25)30(36)23-15-18-27(39-7)26(20-23)33(4,5)6/h10-20,29,36H,8-9H2,1-7H3/b30-28-. The molecule has 1 amide bonds. The maximum atomic E-state index is 13.6. The van der Waals surface area contributed by atoms with Crippen molar-refractivity contribution in [1.29, 1.82) is 0 Å². The second-order valence-electron chi connectivity index (χ2n) is 10.9. The van der Waals surface area contributed by atoms with Gasteiger partial charge in [-0.15, -0.1) is 0 Å². The van der Waals surface area contributed by atoms with E-state index in [0.29, 0.717) is 17.0 Å². The van der Waals surface area contributed by atoms with E-state index in [-0.39, 0.29) is 16.7 Å². The molecule has 1 aliphatic rings. The van der Waals surface area contributed by atoms with Crippen LogP contribution in [0.3, 0.4) is 0 Å². The molecule has 0 radical (unpaired) electrons. The molecule has 6 heteroatoms. The van der Waals surface area contributed by atoms with Crippen LogP contribution in [0.25, 0.3) is 5.76 Å². The summed E-state index contributed by atoms with van der Waals surface area (Å²) in [4.78, 5) is 30.9. The first-order chi connectivity index (χ1) is 18.5. The Balaban J connectivity index is 1.94. The molecular formula is C33H38N2O4. The number of carbonyl (C=O) groups is 2. The number of aliphatic hydroxyl groups is 1. The summed E-state index contributed by atoms with van der Waals surface area (Å²) in [6, 6.07) is 20.0. The lowest BCUT2D eigenvalue weighted by Crippen LogP contribution is -2.29. The molecule has 6 nitrogen and oxygen atoms in total. The number of ether oxygens (including phenoxy) is 1. The Bertz CT molecular complexity index is 1410. The maximum Gasteiger partial charge on any atom is 0.300 e. The van der Waals surface area contributed by atoms with Crippen LogP contribution >= 0.6 is 0 Å². The number of amides is 1. The minimum Gasteiger partial charge on any atom is -0.507 e. The van der Waals surface area contributed by atoms with Gasteiger partial charge in [-0.2, -0.15) is 0 Å². The third-order valence-corrected chi connectivity index (χ3v) is 7.34. The molecule has 3 aromatic rings. The number of aliphatic hydroxyl groups excluding tert-OH is 1. The van der Waals surface area contributed by atoms with E-state index in [4.69, 9.17) is 4.74 Å². The van der Waals surface area contributed by atoms with E-state index in [1.54, 1.807) is 19.2 Å². The molecule has 4 rings (SSSR count). The monoisotopic (exact) mass is 526 g/mol. The fraction of sp³-hybridized carbons (Fsp3) is 0.333. The highest BCUT2D eigenvalue weighted by Crippen LogP contribution is 2.43. The second kappa shape index (κ2) is 11.0. The van der Waals surface area contributed by atoms with Crippen LogP contribution in [0.5, 0.6) is 5.75 Å². The summed E-state index contributed by atoms with van der Waals surface area (Å²) in [6.45, 7) is 14.1. The van der Waals surface area contributed by atoms with Gasteiger partial charge in [0.25, 0.3) is 11.7 Å².